The minimum Gasteiger partial charge on any atom is -0.339 e. The Morgan fingerprint density at radius 3 is 2.64 bits per heavy atom. The molecule has 0 aromatic carbocycles. The molecule has 0 atom stereocenters. The number of rotatable bonds is 3. The van der Waals surface area contributed by atoms with E-state index in [0.29, 0.717) is 30.3 Å². The summed E-state index contributed by atoms with van der Waals surface area (Å²) < 4.78 is 0. The SMILES string of the molecule is Cc1scc(C(=O)N2CCC(c3nc(-c4ccccn4)cc(=O)[nH]3)CC2)c1C. The summed E-state index contributed by atoms with van der Waals surface area (Å²) in [5.41, 5.74) is 2.98. The molecule has 144 valence electrons. The van der Waals surface area contributed by atoms with Gasteiger partial charge >= 0.3 is 0 Å². The van der Waals surface area contributed by atoms with Gasteiger partial charge in [-0.2, -0.15) is 0 Å². The first-order chi connectivity index (χ1) is 13.5. The molecule has 7 heteroatoms. The summed E-state index contributed by atoms with van der Waals surface area (Å²) in [6.07, 6.45) is 3.25. The third kappa shape index (κ3) is 3.62. The van der Waals surface area contributed by atoms with Crippen LogP contribution in [0, 0.1) is 13.8 Å². The minimum atomic E-state index is -0.173. The molecule has 1 aliphatic rings. The Labute approximate surface area is 167 Å². The predicted molar refractivity (Wildman–Crippen MR) is 110 cm³/mol. The van der Waals surface area contributed by atoms with Crippen LogP contribution < -0.4 is 5.56 Å². The number of amides is 1. The lowest BCUT2D eigenvalue weighted by molar-refractivity contribution is 0.0711. The summed E-state index contributed by atoms with van der Waals surface area (Å²) in [5, 5.41) is 1.95. The number of nitrogens with zero attached hydrogens (tertiary/aromatic N) is 3. The maximum Gasteiger partial charge on any atom is 0.254 e. The zero-order chi connectivity index (χ0) is 19.7. The average Bonchev–Trinajstić information content (AvgIpc) is 3.06. The monoisotopic (exact) mass is 394 g/mol. The summed E-state index contributed by atoms with van der Waals surface area (Å²) >= 11 is 1.62. The molecule has 1 N–H and O–H groups in total. The number of carbonyl (C=O) groups excluding carboxylic acids is 1. The van der Waals surface area contributed by atoms with Crippen molar-refractivity contribution in [2.45, 2.75) is 32.6 Å². The van der Waals surface area contributed by atoms with Crippen molar-refractivity contribution >= 4 is 17.2 Å². The molecule has 3 aromatic heterocycles. The third-order valence-electron chi connectivity index (χ3n) is 5.37. The summed E-state index contributed by atoms with van der Waals surface area (Å²) in [5.74, 6) is 0.914. The van der Waals surface area contributed by atoms with E-state index in [0.717, 1.165) is 24.0 Å². The molecule has 0 saturated carbocycles. The van der Waals surface area contributed by atoms with Crippen LogP contribution in [0.15, 0.2) is 40.6 Å². The van der Waals surface area contributed by atoms with Crippen molar-refractivity contribution in [2.24, 2.45) is 0 Å². The Hall–Kier alpha value is -2.80. The number of aryl methyl sites for hydroxylation is 1. The predicted octanol–water partition coefficient (Wildman–Crippen LogP) is 3.53. The number of H-pyrrole nitrogens is 1. The van der Waals surface area contributed by atoms with Gasteiger partial charge in [0.2, 0.25) is 0 Å². The molecule has 0 radical (unpaired) electrons. The van der Waals surface area contributed by atoms with E-state index in [1.165, 1.54) is 10.9 Å². The van der Waals surface area contributed by atoms with E-state index in [-0.39, 0.29) is 17.4 Å². The van der Waals surface area contributed by atoms with Gasteiger partial charge in [0.15, 0.2) is 0 Å². The van der Waals surface area contributed by atoms with Crippen LogP contribution in [-0.2, 0) is 0 Å². The summed E-state index contributed by atoms with van der Waals surface area (Å²) in [6.45, 7) is 5.37. The summed E-state index contributed by atoms with van der Waals surface area (Å²) in [4.78, 5) is 39.9. The Morgan fingerprint density at radius 1 is 1.21 bits per heavy atom. The molecule has 0 bridgehead atoms. The van der Waals surface area contributed by atoms with E-state index in [4.69, 9.17) is 0 Å². The fourth-order valence-corrected chi connectivity index (χ4v) is 4.43. The van der Waals surface area contributed by atoms with Crippen molar-refractivity contribution in [3.8, 4) is 11.4 Å². The third-order valence-corrected chi connectivity index (χ3v) is 6.39. The number of pyridine rings is 1. The molecule has 4 rings (SSSR count). The average molecular weight is 395 g/mol. The van der Waals surface area contributed by atoms with Crippen molar-refractivity contribution in [3.63, 3.8) is 0 Å². The first-order valence-corrected chi connectivity index (χ1v) is 10.3. The van der Waals surface area contributed by atoms with Crippen molar-refractivity contribution in [1.29, 1.82) is 0 Å². The highest BCUT2D eigenvalue weighted by Gasteiger charge is 2.27. The van der Waals surface area contributed by atoms with Crippen molar-refractivity contribution in [1.82, 2.24) is 19.9 Å². The van der Waals surface area contributed by atoms with Gasteiger partial charge in [-0.1, -0.05) is 6.07 Å². The largest absolute Gasteiger partial charge is 0.339 e. The van der Waals surface area contributed by atoms with Gasteiger partial charge in [-0.05, 0) is 44.4 Å². The van der Waals surface area contributed by atoms with Crippen molar-refractivity contribution < 1.29 is 4.79 Å². The van der Waals surface area contributed by atoms with Crippen molar-refractivity contribution in [3.05, 3.63) is 68.0 Å². The number of nitrogens with one attached hydrogen (secondary N) is 1. The van der Waals surface area contributed by atoms with Gasteiger partial charge in [0.25, 0.3) is 11.5 Å². The Morgan fingerprint density at radius 2 is 2.00 bits per heavy atom. The highest BCUT2D eigenvalue weighted by Crippen LogP contribution is 2.28. The molecule has 1 saturated heterocycles. The van der Waals surface area contributed by atoms with Gasteiger partial charge in [-0.3, -0.25) is 14.6 Å². The Kier molecular flexibility index (Phi) is 5.09. The lowest BCUT2D eigenvalue weighted by Gasteiger charge is -2.31. The van der Waals surface area contributed by atoms with Crippen LogP contribution in [0.4, 0.5) is 0 Å². The molecular weight excluding hydrogens is 372 g/mol. The molecule has 28 heavy (non-hydrogen) atoms. The maximum atomic E-state index is 12.8. The van der Waals surface area contributed by atoms with Crippen LogP contribution >= 0.6 is 11.3 Å². The number of piperidine rings is 1. The van der Waals surface area contributed by atoms with Gasteiger partial charge in [0, 0.05) is 41.5 Å². The number of aromatic amines is 1. The zero-order valence-electron chi connectivity index (χ0n) is 15.9. The standard InChI is InChI=1S/C21H22N4O2S/c1-13-14(2)28-12-16(13)21(27)25-9-6-15(7-10-25)20-23-18(11-19(26)24-20)17-5-3-4-8-22-17/h3-5,8,11-12,15H,6-7,9-10H2,1-2H3,(H,23,24,26). The number of thiophene rings is 1. The molecular formula is C21H22N4O2S. The van der Waals surface area contributed by atoms with Crippen molar-refractivity contribution in [2.75, 3.05) is 13.1 Å². The summed E-state index contributed by atoms with van der Waals surface area (Å²) in [6, 6.07) is 7.04. The molecule has 3 aromatic rings. The Bertz CT molecular complexity index is 1050. The second-order valence-electron chi connectivity index (χ2n) is 7.13. The first kappa shape index (κ1) is 18.6. The molecule has 1 fully saturated rings. The van der Waals surface area contributed by atoms with Gasteiger partial charge in [-0.15, -0.1) is 11.3 Å². The summed E-state index contributed by atoms with van der Waals surface area (Å²) in [7, 11) is 0. The second-order valence-corrected chi connectivity index (χ2v) is 8.21. The zero-order valence-corrected chi connectivity index (χ0v) is 16.8. The fourth-order valence-electron chi connectivity index (χ4n) is 3.57. The molecule has 1 amide bonds. The maximum absolute atomic E-state index is 12.8. The first-order valence-electron chi connectivity index (χ1n) is 9.39. The molecule has 4 heterocycles. The number of aromatic nitrogens is 3. The van der Waals surface area contributed by atoms with E-state index in [1.807, 2.05) is 42.3 Å². The van der Waals surface area contributed by atoms with Gasteiger partial charge in [-0.25, -0.2) is 4.98 Å². The normalized spacial score (nSPS) is 15.0. The molecule has 0 aliphatic carbocycles. The van der Waals surface area contributed by atoms with E-state index in [9.17, 15) is 9.59 Å². The van der Waals surface area contributed by atoms with Crippen LogP contribution in [-0.4, -0.2) is 38.8 Å². The van der Waals surface area contributed by atoms with Crippen LogP contribution in [0.25, 0.3) is 11.4 Å². The molecule has 6 nitrogen and oxygen atoms in total. The van der Waals surface area contributed by atoms with Crippen LogP contribution in [0.2, 0.25) is 0 Å². The van der Waals surface area contributed by atoms with E-state index in [2.05, 4.69) is 15.0 Å². The highest BCUT2D eigenvalue weighted by molar-refractivity contribution is 7.10. The molecule has 0 spiro atoms. The lowest BCUT2D eigenvalue weighted by atomic mass is 9.95. The van der Waals surface area contributed by atoms with E-state index < -0.39 is 0 Å². The van der Waals surface area contributed by atoms with E-state index in [1.54, 1.807) is 17.5 Å². The van der Waals surface area contributed by atoms with E-state index >= 15 is 0 Å². The Balaban J connectivity index is 1.50. The van der Waals surface area contributed by atoms with Gasteiger partial charge in [0.05, 0.1) is 17.0 Å². The second kappa shape index (κ2) is 7.67. The number of hydrogen-bond acceptors (Lipinski definition) is 5. The molecule has 1 aliphatic heterocycles. The molecule has 0 unspecified atom stereocenters. The quantitative estimate of drug-likeness (QED) is 0.737. The number of likely N-dealkylation sites (tertiary alicyclic amines) is 1. The fraction of sp³-hybridized carbons (Fsp3) is 0.333. The highest BCUT2D eigenvalue weighted by atomic mass is 32.1. The van der Waals surface area contributed by atoms with Crippen LogP contribution in [0.3, 0.4) is 0 Å². The smallest absolute Gasteiger partial charge is 0.254 e. The van der Waals surface area contributed by atoms with Crippen LogP contribution in [0.5, 0.6) is 0 Å². The minimum absolute atomic E-state index is 0.101. The topological polar surface area (TPSA) is 79.0 Å². The number of carbonyl (C=O) groups is 1. The lowest BCUT2D eigenvalue weighted by Crippen LogP contribution is -2.38. The van der Waals surface area contributed by atoms with Crippen LogP contribution in [0.1, 0.15) is 45.4 Å². The number of hydrogen-bond donors (Lipinski definition) is 1. The van der Waals surface area contributed by atoms with Gasteiger partial charge < -0.3 is 9.88 Å². The van der Waals surface area contributed by atoms with Gasteiger partial charge in [0.1, 0.15) is 5.82 Å².